The third kappa shape index (κ3) is 5.94. The van der Waals surface area contributed by atoms with Crippen molar-refractivity contribution < 1.29 is 0 Å². The van der Waals surface area contributed by atoms with Crippen molar-refractivity contribution in [3.63, 3.8) is 0 Å². The van der Waals surface area contributed by atoms with Gasteiger partial charge in [0.15, 0.2) is 0 Å². The van der Waals surface area contributed by atoms with E-state index >= 15 is 0 Å². The van der Waals surface area contributed by atoms with Crippen LogP contribution in [0.15, 0.2) is 104 Å². The van der Waals surface area contributed by atoms with Crippen LogP contribution >= 0.6 is 0 Å². The van der Waals surface area contributed by atoms with Crippen molar-refractivity contribution >= 4 is 18.7 Å². The molecule has 0 saturated heterocycles. The van der Waals surface area contributed by atoms with Gasteiger partial charge < -0.3 is 0 Å². The molecule has 36 heavy (non-hydrogen) atoms. The average Bonchev–Trinajstić information content (AvgIpc) is 3.41. The summed E-state index contributed by atoms with van der Waals surface area (Å²) >= 11 is -3.39. The first kappa shape index (κ1) is 26.7. The van der Waals surface area contributed by atoms with Crippen molar-refractivity contribution in [3.05, 3.63) is 120 Å². The molecule has 0 unspecified atom stereocenters. The third-order valence-corrected chi connectivity index (χ3v) is 24.5. The van der Waals surface area contributed by atoms with Crippen LogP contribution in [-0.2, 0) is 16.2 Å². The summed E-state index contributed by atoms with van der Waals surface area (Å²) in [5.41, 5.74) is 4.30. The number of rotatable bonds is 10. The van der Waals surface area contributed by atoms with Gasteiger partial charge in [0.1, 0.15) is 0 Å². The molecule has 0 aliphatic rings. The number of aromatic nitrogens is 3. The molecule has 0 saturated carbocycles. The summed E-state index contributed by atoms with van der Waals surface area (Å²) in [4.78, 5) is 4.50. The number of hydrogen-bond donors (Lipinski definition) is 0. The molecule has 3 aromatic carbocycles. The Morgan fingerprint density at radius 2 is 0.889 bits per heavy atom. The quantitative estimate of drug-likeness (QED) is 0.176. The molecule has 4 aromatic rings. The van der Waals surface area contributed by atoms with Crippen LogP contribution in [0.25, 0.3) is 0 Å². The van der Waals surface area contributed by atoms with Gasteiger partial charge in [-0.15, -0.1) is 0 Å². The molecule has 0 bridgehead atoms. The van der Waals surface area contributed by atoms with E-state index in [9.17, 15) is 0 Å². The van der Waals surface area contributed by atoms with Crippen LogP contribution in [0, 0.1) is 0 Å². The van der Waals surface area contributed by atoms with Gasteiger partial charge in [0, 0.05) is 0 Å². The van der Waals surface area contributed by atoms with E-state index in [4.69, 9.17) is 5.10 Å². The molecule has 0 aliphatic heterocycles. The molecule has 0 N–H and O–H groups in total. The normalized spacial score (nSPS) is 13.1. The van der Waals surface area contributed by atoms with Crippen LogP contribution in [0.4, 0.5) is 0 Å². The first-order valence-electron chi connectivity index (χ1n) is 13.1. The van der Waals surface area contributed by atoms with Crippen LogP contribution in [0.1, 0.15) is 58.2 Å². The second-order valence-corrected chi connectivity index (χ2v) is 23.7. The van der Waals surface area contributed by atoms with Crippen molar-refractivity contribution in [2.75, 3.05) is 0 Å². The molecule has 1 aromatic heterocycles. The minimum absolute atomic E-state index is 0.0306. The SMILES string of the molecule is CC(C)([CH2][Sn]([CH2]C(C)(C)c1ccccc1)([CH2]C(C)(C)c1ccccc1)[n]1cncn1)c1ccccc1. The van der Waals surface area contributed by atoms with Gasteiger partial charge in [-0.05, 0) is 0 Å². The maximum absolute atomic E-state index is 4.92. The number of benzene rings is 3. The Hall–Kier alpha value is -2.40. The Kier molecular flexibility index (Phi) is 7.80. The standard InChI is InChI=1S/3C10H13.C2H2N3.Sn/c3*1-10(2,3)9-7-5-4-6-8-9;1-3-2-5-4-1;/h3*4-8H,1H2,2-3H3;1-2H;/q;;;-1;+1. The van der Waals surface area contributed by atoms with E-state index in [0.717, 1.165) is 13.3 Å². The summed E-state index contributed by atoms with van der Waals surface area (Å²) in [7, 11) is 0. The minimum atomic E-state index is -3.39. The second kappa shape index (κ2) is 10.5. The molecule has 0 fully saturated rings. The van der Waals surface area contributed by atoms with Gasteiger partial charge >= 0.3 is 223 Å². The second-order valence-electron chi connectivity index (χ2n) is 12.3. The van der Waals surface area contributed by atoms with Gasteiger partial charge in [0.2, 0.25) is 0 Å². The fourth-order valence-electron chi connectivity index (χ4n) is 6.33. The molecule has 188 valence electrons. The Morgan fingerprint density at radius 1 is 0.556 bits per heavy atom. The van der Waals surface area contributed by atoms with E-state index in [0.29, 0.717) is 0 Å². The Balaban J connectivity index is 1.86. The van der Waals surface area contributed by atoms with Gasteiger partial charge in [-0.1, -0.05) is 0 Å². The maximum atomic E-state index is 4.92. The first-order valence-corrected chi connectivity index (χ1v) is 20.4. The van der Waals surface area contributed by atoms with Crippen LogP contribution < -0.4 is 0 Å². The van der Waals surface area contributed by atoms with Crippen molar-refractivity contribution in [1.29, 1.82) is 0 Å². The van der Waals surface area contributed by atoms with Crippen molar-refractivity contribution in [3.8, 4) is 0 Å². The molecule has 0 aliphatic carbocycles. The molecular weight excluding hydrogens is 545 g/mol. The van der Waals surface area contributed by atoms with E-state index in [1.165, 1.54) is 16.7 Å². The van der Waals surface area contributed by atoms with Crippen LogP contribution in [0.3, 0.4) is 0 Å². The summed E-state index contributed by atoms with van der Waals surface area (Å²) in [6.45, 7) is 14.6. The fraction of sp³-hybridized carbons (Fsp3) is 0.375. The molecule has 4 rings (SSSR count). The Bertz CT molecular complexity index is 1080. The van der Waals surface area contributed by atoms with Crippen molar-refractivity contribution in [1.82, 2.24) is 13.0 Å². The number of nitrogens with zero attached hydrogens (tertiary/aromatic N) is 3. The van der Waals surface area contributed by atoms with Gasteiger partial charge in [-0.3, -0.25) is 0 Å². The van der Waals surface area contributed by atoms with Gasteiger partial charge in [0.05, 0.1) is 0 Å². The van der Waals surface area contributed by atoms with Crippen LogP contribution in [0.2, 0.25) is 13.3 Å². The topological polar surface area (TPSA) is 30.7 Å². The molecular formula is C32H41N3Sn. The zero-order valence-electron chi connectivity index (χ0n) is 22.8. The predicted octanol–water partition coefficient (Wildman–Crippen LogP) is 8.01. The summed E-state index contributed by atoms with van der Waals surface area (Å²) in [6, 6.07) is 33.1. The molecule has 4 heteroatoms. The van der Waals surface area contributed by atoms with Crippen LogP contribution in [0.5, 0.6) is 0 Å². The van der Waals surface area contributed by atoms with Gasteiger partial charge in [0.25, 0.3) is 0 Å². The average molecular weight is 586 g/mol. The molecule has 1 heterocycles. The third-order valence-electron chi connectivity index (χ3n) is 7.88. The van der Waals surface area contributed by atoms with E-state index in [1.807, 2.05) is 6.33 Å². The van der Waals surface area contributed by atoms with Crippen LogP contribution in [-0.4, -0.2) is 31.6 Å². The van der Waals surface area contributed by atoms with Crippen molar-refractivity contribution in [2.45, 2.75) is 71.1 Å². The van der Waals surface area contributed by atoms with Gasteiger partial charge in [-0.2, -0.15) is 0 Å². The summed E-state index contributed by atoms with van der Waals surface area (Å²) in [5, 5.41) is 4.92. The predicted molar refractivity (Wildman–Crippen MR) is 154 cm³/mol. The van der Waals surface area contributed by atoms with Gasteiger partial charge in [-0.25, -0.2) is 0 Å². The Morgan fingerprint density at radius 3 is 1.17 bits per heavy atom. The first-order chi connectivity index (χ1) is 17.0. The van der Waals surface area contributed by atoms with E-state index in [-0.39, 0.29) is 16.2 Å². The molecule has 0 radical (unpaired) electrons. The summed E-state index contributed by atoms with van der Waals surface area (Å²) in [6.07, 6.45) is 3.77. The van der Waals surface area contributed by atoms with E-state index in [2.05, 4.69) is 140 Å². The molecule has 0 atom stereocenters. The molecule has 0 amide bonds. The number of hydrogen-bond acceptors (Lipinski definition) is 2. The fourth-order valence-corrected chi connectivity index (χ4v) is 26.4. The van der Waals surface area contributed by atoms with E-state index < -0.39 is 18.7 Å². The zero-order valence-corrected chi connectivity index (χ0v) is 25.6. The molecule has 0 spiro atoms. The molecule has 3 nitrogen and oxygen atoms in total. The van der Waals surface area contributed by atoms with Crippen molar-refractivity contribution in [2.24, 2.45) is 0 Å². The Labute approximate surface area is 222 Å². The summed E-state index contributed by atoms with van der Waals surface area (Å²) in [5.74, 6) is 0. The van der Waals surface area contributed by atoms with E-state index in [1.54, 1.807) is 6.33 Å². The zero-order chi connectivity index (χ0) is 25.9. The monoisotopic (exact) mass is 587 g/mol. The summed E-state index contributed by atoms with van der Waals surface area (Å²) < 4.78 is 5.85.